The van der Waals surface area contributed by atoms with E-state index in [-0.39, 0.29) is 11.8 Å². The number of piperidine rings is 1. The number of rotatable bonds is 4. The van der Waals surface area contributed by atoms with Crippen molar-refractivity contribution in [2.75, 3.05) is 49.1 Å². The van der Waals surface area contributed by atoms with Gasteiger partial charge in [-0.1, -0.05) is 0 Å². The Kier molecular flexibility index (Phi) is 6.31. The highest BCUT2D eigenvalue weighted by Gasteiger charge is 2.33. The van der Waals surface area contributed by atoms with Gasteiger partial charge in [0.25, 0.3) is 0 Å². The molecule has 2 aliphatic rings. The Bertz CT molecular complexity index is 1120. The number of anilines is 2. The lowest BCUT2D eigenvalue weighted by molar-refractivity contribution is -0.138. The van der Waals surface area contributed by atoms with Gasteiger partial charge in [-0.05, 0) is 49.2 Å². The molecule has 0 N–H and O–H groups in total. The number of carbonyl (C=O) groups excluding carboxylic acids is 1. The third kappa shape index (κ3) is 5.08. The molecule has 0 unspecified atom stereocenters. The molecule has 0 aromatic carbocycles. The minimum Gasteiger partial charge on any atom is -0.463 e. The van der Waals surface area contributed by atoms with E-state index in [0.29, 0.717) is 43.5 Å². The van der Waals surface area contributed by atoms with Crippen molar-refractivity contribution in [3.05, 3.63) is 54.4 Å². The van der Waals surface area contributed by atoms with Crippen LogP contribution in [0.5, 0.6) is 0 Å². The fourth-order valence-electron chi connectivity index (χ4n) is 4.56. The van der Waals surface area contributed by atoms with Gasteiger partial charge in [0.05, 0.1) is 11.8 Å². The molecular weight excluding hydrogens is 461 g/mol. The summed E-state index contributed by atoms with van der Waals surface area (Å²) in [6.07, 6.45) is -0.474. The van der Waals surface area contributed by atoms with Gasteiger partial charge in [-0.3, -0.25) is 4.79 Å². The Morgan fingerprint density at radius 2 is 1.60 bits per heavy atom. The van der Waals surface area contributed by atoms with Crippen LogP contribution in [0.15, 0.2) is 53.3 Å². The van der Waals surface area contributed by atoms with E-state index in [2.05, 4.69) is 20.1 Å². The lowest BCUT2D eigenvalue weighted by atomic mass is 9.95. The Labute approximate surface area is 200 Å². The second-order valence-corrected chi connectivity index (χ2v) is 8.73. The molecule has 2 fully saturated rings. The summed E-state index contributed by atoms with van der Waals surface area (Å²) in [4.78, 5) is 23.0. The van der Waals surface area contributed by atoms with Crippen LogP contribution in [-0.4, -0.2) is 65.3 Å². The molecule has 3 aromatic heterocycles. The number of piperazine rings is 1. The van der Waals surface area contributed by atoms with Crippen LogP contribution < -0.4 is 9.80 Å². The van der Waals surface area contributed by atoms with Crippen molar-refractivity contribution in [2.45, 2.75) is 19.0 Å². The summed E-state index contributed by atoms with van der Waals surface area (Å²) in [6, 6.07) is 9.87. The second-order valence-electron chi connectivity index (χ2n) is 8.73. The monoisotopic (exact) mass is 486 g/mol. The van der Waals surface area contributed by atoms with E-state index in [1.54, 1.807) is 12.3 Å². The lowest BCUT2D eigenvalue weighted by Gasteiger charge is -2.39. The van der Waals surface area contributed by atoms with E-state index in [4.69, 9.17) is 4.42 Å². The summed E-state index contributed by atoms with van der Waals surface area (Å²) in [6.45, 7) is 3.59. The van der Waals surface area contributed by atoms with Gasteiger partial charge in [0.2, 0.25) is 5.91 Å². The average Bonchev–Trinajstić information content (AvgIpc) is 3.43. The molecule has 5 heterocycles. The standard InChI is InChI=1S/C24H25F3N6O2/c25-24(26,27)18-3-5-21(28-16-18)32-11-13-33(14-12-32)23(34)17-7-9-31(10-8-17)22-6-4-19(29-30-22)20-2-1-15-35-20/h1-6,15-17H,7-14H2. The van der Waals surface area contributed by atoms with Crippen molar-refractivity contribution in [1.29, 1.82) is 0 Å². The molecule has 0 saturated carbocycles. The van der Waals surface area contributed by atoms with Crippen LogP contribution in [0.2, 0.25) is 0 Å². The number of alkyl halides is 3. The molecule has 8 nitrogen and oxygen atoms in total. The van der Waals surface area contributed by atoms with Crippen LogP contribution in [0, 0.1) is 5.92 Å². The maximum absolute atomic E-state index is 13.1. The largest absolute Gasteiger partial charge is 0.463 e. The maximum atomic E-state index is 13.1. The zero-order chi connectivity index (χ0) is 24.4. The fraction of sp³-hybridized carbons (Fsp3) is 0.417. The number of nitrogens with zero attached hydrogens (tertiary/aromatic N) is 6. The molecule has 0 radical (unpaired) electrons. The van der Waals surface area contributed by atoms with E-state index in [9.17, 15) is 18.0 Å². The summed E-state index contributed by atoms with van der Waals surface area (Å²) >= 11 is 0. The average molecular weight is 486 g/mol. The molecule has 0 spiro atoms. The van der Waals surface area contributed by atoms with Crippen molar-refractivity contribution in [1.82, 2.24) is 20.1 Å². The van der Waals surface area contributed by atoms with Gasteiger partial charge in [-0.15, -0.1) is 10.2 Å². The first-order valence-electron chi connectivity index (χ1n) is 11.6. The zero-order valence-electron chi connectivity index (χ0n) is 19.0. The summed E-state index contributed by atoms with van der Waals surface area (Å²) in [7, 11) is 0. The normalized spacial score (nSPS) is 17.6. The summed E-state index contributed by atoms with van der Waals surface area (Å²) < 4.78 is 43.6. The van der Waals surface area contributed by atoms with Crippen LogP contribution >= 0.6 is 0 Å². The molecule has 11 heteroatoms. The summed E-state index contributed by atoms with van der Waals surface area (Å²) in [5.41, 5.74) is -0.0877. The Hall–Kier alpha value is -3.63. The smallest absolute Gasteiger partial charge is 0.417 e. The van der Waals surface area contributed by atoms with E-state index in [1.807, 2.05) is 28.0 Å². The highest BCUT2D eigenvalue weighted by Crippen LogP contribution is 2.30. The molecule has 1 amide bonds. The number of aromatic nitrogens is 3. The third-order valence-corrected chi connectivity index (χ3v) is 6.58. The van der Waals surface area contributed by atoms with Crippen molar-refractivity contribution < 1.29 is 22.4 Å². The number of hydrogen-bond donors (Lipinski definition) is 0. The first kappa shape index (κ1) is 23.1. The van der Waals surface area contributed by atoms with Gasteiger partial charge in [-0.25, -0.2) is 4.98 Å². The molecule has 3 aromatic rings. The fourth-order valence-corrected chi connectivity index (χ4v) is 4.56. The number of halogens is 3. The van der Waals surface area contributed by atoms with Crippen LogP contribution in [-0.2, 0) is 11.0 Å². The van der Waals surface area contributed by atoms with Crippen LogP contribution in [0.1, 0.15) is 18.4 Å². The van der Waals surface area contributed by atoms with Crippen molar-refractivity contribution in [2.24, 2.45) is 5.92 Å². The van der Waals surface area contributed by atoms with E-state index in [1.165, 1.54) is 6.07 Å². The van der Waals surface area contributed by atoms with Gasteiger partial charge < -0.3 is 19.1 Å². The molecule has 0 atom stereocenters. The van der Waals surface area contributed by atoms with Crippen molar-refractivity contribution in [3.63, 3.8) is 0 Å². The Balaban J connectivity index is 1.11. The highest BCUT2D eigenvalue weighted by atomic mass is 19.4. The van der Waals surface area contributed by atoms with Gasteiger partial charge >= 0.3 is 6.18 Å². The Morgan fingerprint density at radius 1 is 0.886 bits per heavy atom. The van der Waals surface area contributed by atoms with Gasteiger partial charge in [-0.2, -0.15) is 13.2 Å². The maximum Gasteiger partial charge on any atom is 0.417 e. The number of amides is 1. The molecular formula is C24H25F3N6O2. The predicted molar refractivity (Wildman–Crippen MR) is 123 cm³/mol. The number of furan rings is 1. The summed E-state index contributed by atoms with van der Waals surface area (Å²) in [5, 5.41) is 8.57. The van der Waals surface area contributed by atoms with Crippen LogP contribution in [0.25, 0.3) is 11.5 Å². The molecule has 2 saturated heterocycles. The number of pyridine rings is 1. The highest BCUT2D eigenvalue weighted by molar-refractivity contribution is 5.79. The second kappa shape index (κ2) is 9.55. The zero-order valence-corrected chi connectivity index (χ0v) is 19.0. The molecule has 2 aliphatic heterocycles. The first-order chi connectivity index (χ1) is 16.9. The molecule has 35 heavy (non-hydrogen) atoms. The topological polar surface area (TPSA) is 78.6 Å². The van der Waals surface area contributed by atoms with Crippen LogP contribution in [0.4, 0.5) is 24.8 Å². The van der Waals surface area contributed by atoms with Crippen LogP contribution in [0.3, 0.4) is 0 Å². The van der Waals surface area contributed by atoms with Crippen molar-refractivity contribution >= 4 is 17.5 Å². The molecule has 184 valence electrons. The minimum absolute atomic E-state index is 0.0441. The van der Waals surface area contributed by atoms with Gasteiger partial charge in [0, 0.05) is 51.4 Å². The lowest BCUT2D eigenvalue weighted by Crippen LogP contribution is -2.52. The van der Waals surface area contributed by atoms with E-state index >= 15 is 0 Å². The van der Waals surface area contributed by atoms with E-state index < -0.39 is 11.7 Å². The minimum atomic E-state index is -4.40. The van der Waals surface area contributed by atoms with Gasteiger partial charge in [0.15, 0.2) is 11.6 Å². The Morgan fingerprint density at radius 3 is 2.17 bits per heavy atom. The molecule has 0 bridgehead atoms. The third-order valence-electron chi connectivity index (χ3n) is 6.58. The molecule has 0 aliphatic carbocycles. The number of hydrogen-bond acceptors (Lipinski definition) is 7. The quantitative estimate of drug-likeness (QED) is 0.556. The summed E-state index contributed by atoms with van der Waals surface area (Å²) in [5.74, 6) is 2.05. The number of carbonyl (C=O) groups is 1. The van der Waals surface area contributed by atoms with E-state index in [0.717, 1.165) is 44.0 Å². The SMILES string of the molecule is O=C(C1CCN(c2ccc(-c3ccco3)nn2)CC1)N1CCN(c2ccc(C(F)(F)F)cn2)CC1. The van der Waals surface area contributed by atoms with Gasteiger partial charge in [0.1, 0.15) is 11.5 Å². The molecule has 5 rings (SSSR count). The predicted octanol–water partition coefficient (Wildman–Crippen LogP) is 3.72. The first-order valence-corrected chi connectivity index (χ1v) is 11.6. The van der Waals surface area contributed by atoms with Crippen molar-refractivity contribution in [3.8, 4) is 11.5 Å².